The molecule has 7 heteroatoms. The van der Waals surface area contributed by atoms with Gasteiger partial charge in [0.25, 0.3) is 5.91 Å². The maximum atomic E-state index is 12.8. The third-order valence-corrected chi connectivity index (χ3v) is 4.72. The van der Waals surface area contributed by atoms with Gasteiger partial charge < -0.3 is 15.3 Å². The maximum absolute atomic E-state index is 12.8. The second-order valence-electron chi connectivity index (χ2n) is 6.36. The minimum Gasteiger partial charge on any atom is -0.396 e. The van der Waals surface area contributed by atoms with Crippen molar-refractivity contribution in [2.75, 3.05) is 24.6 Å². The zero-order valence-electron chi connectivity index (χ0n) is 14.1. The van der Waals surface area contributed by atoms with Gasteiger partial charge in [-0.15, -0.1) is 0 Å². The number of anilines is 1. The number of aromatic nitrogens is 3. The molecule has 4 rings (SSSR count). The summed E-state index contributed by atoms with van der Waals surface area (Å²) in [6, 6.07) is 11.1. The van der Waals surface area contributed by atoms with E-state index >= 15 is 0 Å². The van der Waals surface area contributed by atoms with E-state index in [9.17, 15) is 9.90 Å². The van der Waals surface area contributed by atoms with Crippen LogP contribution in [0, 0.1) is 5.92 Å². The van der Waals surface area contributed by atoms with Gasteiger partial charge >= 0.3 is 0 Å². The Kier molecular flexibility index (Phi) is 4.45. The Bertz CT molecular complexity index is 913. The van der Waals surface area contributed by atoms with Crippen molar-refractivity contribution in [1.29, 1.82) is 0 Å². The summed E-state index contributed by atoms with van der Waals surface area (Å²) < 4.78 is 0. The highest BCUT2D eigenvalue weighted by Gasteiger charge is 2.35. The number of carbonyl (C=O) groups excluding carboxylic acids is 1. The fourth-order valence-electron chi connectivity index (χ4n) is 3.37. The largest absolute Gasteiger partial charge is 0.396 e. The van der Waals surface area contributed by atoms with Crippen LogP contribution in [0.5, 0.6) is 0 Å². The van der Waals surface area contributed by atoms with Crippen molar-refractivity contribution in [3.05, 3.63) is 60.7 Å². The molecule has 1 saturated heterocycles. The van der Waals surface area contributed by atoms with Crippen LogP contribution in [0.25, 0.3) is 10.8 Å². The lowest BCUT2D eigenvalue weighted by Gasteiger charge is -2.18. The Hall–Kier alpha value is -3.06. The minimum absolute atomic E-state index is 0.0166. The first-order valence-electron chi connectivity index (χ1n) is 8.53. The fraction of sp³-hybridized carbons (Fsp3) is 0.263. The van der Waals surface area contributed by atoms with E-state index in [1.807, 2.05) is 35.2 Å². The van der Waals surface area contributed by atoms with Gasteiger partial charge in [0.1, 0.15) is 5.69 Å². The summed E-state index contributed by atoms with van der Waals surface area (Å²) in [4.78, 5) is 27.6. The summed E-state index contributed by atoms with van der Waals surface area (Å²) >= 11 is 0. The van der Waals surface area contributed by atoms with Crippen LogP contribution in [-0.4, -0.2) is 51.7 Å². The molecule has 132 valence electrons. The van der Waals surface area contributed by atoms with Gasteiger partial charge in [-0.05, 0) is 17.5 Å². The molecule has 0 radical (unpaired) electrons. The molecule has 2 atom stereocenters. The second kappa shape index (κ2) is 7.05. The van der Waals surface area contributed by atoms with E-state index in [1.165, 1.54) is 0 Å². The first kappa shape index (κ1) is 16.4. The zero-order chi connectivity index (χ0) is 17.9. The SMILES string of the molecule is O=C(N[C@@H]1CN(c2ncccn2)C[C@H]1CO)c1nccc2ccccc12. The van der Waals surface area contributed by atoms with Gasteiger partial charge in [0.15, 0.2) is 0 Å². The third-order valence-electron chi connectivity index (χ3n) is 4.72. The van der Waals surface area contributed by atoms with Crippen molar-refractivity contribution in [2.24, 2.45) is 5.92 Å². The molecule has 2 N–H and O–H groups in total. The van der Waals surface area contributed by atoms with Gasteiger partial charge in [0, 0.05) is 49.6 Å². The van der Waals surface area contributed by atoms with E-state index in [2.05, 4.69) is 20.3 Å². The number of benzene rings is 1. The Labute approximate surface area is 150 Å². The van der Waals surface area contributed by atoms with Crippen LogP contribution in [0.15, 0.2) is 55.0 Å². The van der Waals surface area contributed by atoms with Crippen LogP contribution in [0.3, 0.4) is 0 Å². The van der Waals surface area contributed by atoms with E-state index in [0.717, 1.165) is 10.8 Å². The Morgan fingerprint density at radius 2 is 1.88 bits per heavy atom. The summed E-state index contributed by atoms with van der Waals surface area (Å²) in [6.07, 6.45) is 5.00. The number of fused-ring (bicyclic) bond motifs is 1. The lowest BCUT2D eigenvalue weighted by Crippen LogP contribution is -2.42. The number of aliphatic hydroxyl groups excluding tert-OH is 1. The molecule has 3 aromatic rings. The first-order chi connectivity index (χ1) is 12.8. The molecule has 1 aliphatic heterocycles. The van der Waals surface area contributed by atoms with Crippen molar-refractivity contribution < 1.29 is 9.90 Å². The lowest BCUT2D eigenvalue weighted by molar-refractivity contribution is 0.0918. The molecule has 0 spiro atoms. The molecule has 1 aliphatic rings. The van der Waals surface area contributed by atoms with E-state index in [0.29, 0.717) is 24.7 Å². The number of hydrogen-bond donors (Lipinski definition) is 2. The van der Waals surface area contributed by atoms with Crippen molar-refractivity contribution in [3.63, 3.8) is 0 Å². The third kappa shape index (κ3) is 3.09. The highest BCUT2D eigenvalue weighted by Crippen LogP contribution is 2.22. The average Bonchev–Trinajstić information content (AvgIpc) is 3.11. The number of rotatable bonds is 4. The number of hydrogen-bond acceptors (Lipinski definition) is 6. The number of nitrogens with zero attached hydrogens (tertiary/aromatic N) is 4. The Morgan fingerprint density at radius 1 is 1.08 bits per heavy atom. The molecule has 0 unspecified atom stereocenters. The van der Waals surface area contributed by atoms with Gasteiger partial charge in [-0.1, -0.05) is 24.3 Å². The van der Waals surface area contributed by atoms with E-state index < -0.39 is 0 Å². The highest BCUT2D eigenvalue weighted by molar-refractivity contribution is 6.05. The normalized spacial score (nSPS) is 19.7. The predicted octanol–water partition coefficient (Wildman–Crippen LogP) is 1.25. The molecule has 7 nitrogen and oxygen atoms in total. The highest BCUT2D eigenvalue weighted by atomic mass is 16.3. The molecule has 2 aromatic heterocycles. The fourth-order valence-corrected chi connectivity index (χ4v) is 3.37. The van der Waals surface area contributed by atoms with Gasteiger partial charge in [0.2, 0.25) is 5.95 Å². The standard InChI is InChI=1S/C19H19N5O2/c25-12-14-10-24(19-21-7-3-8-22-19)11-16(14)23-18(26)17-15-5-2-1-4-13(15)6-9-20-17/h1-9,14,16,25H,10-12H2,(H,23,26)/t14-,16+/m0/s1. The van der Waals surface area contributed by atoms with Crippen molar-refractivity contribution >= 4 is 22.6 Å². The second-order valence-corrected chi connectivity index (χ2v) is 6.36. The van der Waals surface area contributed by atoms with Gasteiger partial charge in [-0.3, -0.25) is 9.78 Å². The smallest absolute Gasteiger partial charge is 0.270 e. The minimum atomic E-state index is -0.235. The summed E-state index contributed by atoms with van der Waals surface area (Å²) in [7, 11) is 0. The van der Waals surface area contributed by atoms with E-state index in [4.69, 9.17) is 0 Å². The number of amides is 1. The molecule has 1 amide bonds. The van der Waals surface area contributed by atoms with Gasteiger partial charge in [0.05, 0.1) is 6.04 Å². The van der Waals surface area contributed by atoms with Gasteiger partial charge in [-0.25, -0.2) is 9.97 Å². The Morgan fingerprint density at radius 3 is 2.69 bits per heavy atom. The van der Waals surface area contributed by atoms with Crippen LogP contribution in [0.1, 0.15) is 10.5 Å². The average molecular weight is 349 g/mol. The van der Waals surface area contributed by atoms with Crippen molar-refractivity contribution in [1.82, 2.24) is 20.3 Å². The molecular formula is C19H19N5O2. The molecule has 0 aliphatic carbocycles. The first-order valence-corrected chi connectivity index (χ1v) is 8.53. The van der Waals surface area contributed by atoms with Crippen molar-refractivity contribution in [3.8, 4) is 0 Å². The molecule has 26 heavy (non-hydrogen) atoms. The quantitative estimate of drug-likeness (QED) is 0.737. The topological polar surface area (TPSA) is 91.2 Å². The van der Waals surface area contributed by atoms with Crippen LogP contribution < -0.4 is 10.2 Å². The summed E-state index contributed by atoms with van der Waals surface area (Å²) in [6.45, 7) is 1.12. The summed E-state index contributed by atoms with van der Waals surface area (Å²) in [5.74, 6) is 0.282. The van der Waals surface area contributed by atoms with Gasteiger partial charge in [-0.2, -0.15) is 0 Å². The molecule has 0 bridgehead atoms. The molecule has 0 saturated carbocycles. The van der Waals surface area contributed by atoms with Crippen LogP contribution in [0.2, 0.25) is 0 Å². The zero-order valence-corrected chi connectivity index (χ0v) is 14.1. The monoisotopic (exact) mass is 349 g/mol. The molecule has 1 aromatic carbocycles. The maximum Gasteiger partial charge on any atom is 0.270 e. The summed E-state index contributed by atoms with van der Waals surface area (Å²) in [5.41, 5.74) is 0.397. The van der Waals surface area contributed by atoms with Crippen LogP contribution in [-0.2, 0) is 0 Å². The number of aliphatic hydroxyl groups is 1. The number of nitrogens with one attached hydrogen (secondary N) is 1. The molecule has 1 fully saturated rings. The number of carbonyl (C=O) groups is 1. The Balaban J connectivity index is 1.55. The number of pyridine rings is 1. The van der Waals surface area contributed by atoms with E-state index in [-0.39, 0.29) is 24.5 Å². The van der Waals surface area contributed by atoms with Crippen molar-refractivity contribution in [2.45, 2.75) is 6.04 Å². The summed E-state index contributed by atoms with van der Waals surface area (Å²) in [5, 5.41) is 14.5. The molecular weight excluding hydrogens is 330 g/mol. The van der Waals surface area contributed by atoms with Crippen LogP contribution >= 0.6 is 0 Å². The molecule has 3 heterocycles. The lowest BCUT2D eigenvalue weighted by atomic mass is 10.0. The van der Waals surface area contributed by atoms with E-state index in [1.54, 1.807) is 24.7 Å². The van der Waals surface area contributed by atoms with Crippen LogP contribution in [0.4, 0.5) is 5.95 Å². The predicted molar refractivity (Wildman–Crippen MR) is 97.8 cm³/mol.